The first-order valence-corrected chi connectivity index (χ1v) is 10.5. The molecule has 5 heteroatoms. The third kappa shape index (κ3) is 6.08. The van der Waals surface area contributed by atoms with Gasteiger partial charge in [0.2, 0.25) is 0 Å². The number of carbonyl (C=O) groups excluding carboxylic acids is 2. The minimum absolute atomic E-state index is 0.112. The fraction of sp³-hybridized carbons (Fsp3) is 0.417. The molecule has 0 aliphatic heterocycles. The number of amides is 2. The number of rotatable bonds is 7. The predicted octanol–water partition coefficient (Wildman–Crippen LogP) is 4.89. The van der Waals surface area contributed by atoms with Gasteiger partial charge in [-0.15, -0.1) is 0 Å². The van der Waals surface area contributed by atoms with Crippen LogP contribution in [0.4, 0.5) is 5.69 Å². The summed E-state index contributed by atoms with van der Waals surface area (Å²) in [4.78, 5) is 25.0. The van der Waals surface area contributed by atoms with Crippen LogP contribution < -0.4 is 15.4 Å². The molecular weight excluding hydrogens is 364 g/mol. The molecule has 0 saturated heterocycles. The normalized spacial score (nSPS) is 14.4. The van der Waals surface area contributed by atoms with Gasteiger partial charge in [-0.3, -0.25) is 9.59 Å². The predicted molar refractivity (Wildman–Crippen MR) is 115 cm³/mol. The van der Waals surface area contributed by atoms with Gasteiger partial charge in [0.05, 0.1) is 11.3 Å². The smallest absolute Gasteiger partial charge is 0.262 e. The van der Waals surface area contributed by atoms with E-state index in [1.165, 1.54) is 12.0 Å². The molecule has 0 radical (unpaired) electrons. The van der Waals surface area contributed by atoms with Crippen LogP contribution in [-0.4, -0.2) is 24.5 Å². The summed E-state index contributed by atoms with van der Waals surface area (Å²) >= 11 is 0. The molecule has 2 aromatic rings. The van der Waals surface area contributed by atoms with Crippen LogP contribution in [0.3, 0.4) is 0 Å². The van der Waals surface area contributed by atoms with Gasteiger partial charge in [0.15, 0.2) is 6.61 Å². The van der Waals surface area contributed by atoms with Crippen LogP contribution in [-0.2, 0) is 4.79 Å². The van der Waals surface area contributed by atoms with Crippen molar-refractivity contribution in [2.45, 2.75) is 57.9 Å². The minimum Gasteiger partial charge on any atom is -0.484 e. The molecule has 29 heavy (non-hydrogen) atoms. The summed E-state index contributed by atoms with van der Waals surface area (Å²) in [5.74, 6) is 0.658. The average molecular weight is 395 g/mol. The maximum Gasteiger partial charge on any atom is 0.262 e. The summed E-state index contributed by atoms with van der Waals surface area (Å²) in [5, 5.41) is 5.90. The van der Waals surface area contributed by atoms with Crippen LogP contribution in [0, 0.1) is 0 Å². The topological polar surface area (TPSA) is 67.4 Å². The van der Waals surface area contributed by atoms with Crippen molar-refractivity contribution in [3.63, 3.8) is 0 Å². The highest BCUT2D eigenvalue weighted by atomic mass is 16.5. The molecule has 2 aromatic carbocycles. The first-order chi connectivity index (χ1) is 14.0. The molecule has 1 aliphatic rings. The van der Waals surface area contributed by atoms with E-state index >= 15 is 0 Å². The summed E-state index contributed by atoms with van der Waals surface area (Å²) in [7, 11) is 0. The van der Waals surface area contributed by atoms with Gasteiger partial charge in [-0.25, -0.2) is 0 Å². The lowest BCUT2D eigenvalue weighted by atomic mass is 9.95. The van der Waals surface area contributed by atoms with Crippen LogP contribution in [0.2, 0.25) is 0 Å². The Labute approximate surface area is 172 Å². The van der Waals surface area contributed by atoms with Gasteiger partial charge in [-0.05, 0) is 48.6 Å². The van der Waals surface area contributed by atoms with Crippen LogP contribution in [0.25, 0.3) is 0 Å². The van der Waals surface area contributed by atoms with E-state index in [1.807, 2.05) is 24.3 Å². The van der Waals surface area contributed by atoms with Crippen molar-refractivity contribution in [3.05, 3.63) is 59.7 Å². The molecule has 2 amide bonds. The Morgan fingerprint density at radius 3 is 2.38 bits per heavy atom. The molecule has 154 valence electrons. The van der Waals surface area contributed by atoms with E-state index in [9.17, 15) is 9.59 Å². The number of hydrogen-bond donors (Lipinski definition) is 2. The SMILES string of the molecule is CC(C)c1ccc(OCC(=O)Nc2ccccc2C(=O)NC2CCCCC2)cc1. The summed E-state index contributed by atoms with van der Waals surface area (Å²) in [5.41, 5.74) is 2.21. The fourth-order valence-corrected chi connectivity index (χ4v) is 3.58. The van der Waals surface area contributed by atoms with E-state index in [4.69, 9.17) is 4.74 Å². The Morgan fingerprint density at radius 1 is 1.00 bits per heavy atom. The number of para-hydroxylation sites is 1. The summed E-state index contributed by atoms with van der Waals surface area (Å²) in [6.45, 7) is 4.15. The molecule has 0 unspecified atom stereocenters. The van der Waals surface area contributed by atoms with Crippen molar-refractivity contribution >= 4 is 17.5 Å². The van der Waals surface area contributed by atoms with Crippen molar-refractivity contribution in [1.29, 1.82) is 0 Å². The molecule has 0 atom stereocenters. The van der Waals surface area contributed by atoms with Gasteiger partial charge in [0.25, 0.3) is 11.8 Å². The fourth-order valence-electron chi connectivity index (χ4n) is 3.58. The Morgan fingerprint density at radius 2 is 1.69 bits per heavy atom. The molecular formula is C24H30N2O3. The van der Waals surface area contributed by atoms with Crippen molar-refractivity contribution in [2.24, 2.45) is 0 Å². The van der Waals surface area contributed by atoms with Gasteiger partial charge in [-0.1, -0.05) is 57.4 Å². The molecule has 2 N–H and O–H groups in total. The number of carbonyl (C=O) groups is 2. The lowest BCUT2D eigenvalue weighted by Crippen LogP contribution is -2.36. The van der Waals surface area contributed by atoms with Crippen LogP contribution in [0.15, 0.2) is 48.5 Å². The second-order valence-corrected chi connectivity index (χ2v) is 7.91. The molecule has 0 bridgehead atoms. The highest BCUT2D eigenvalue weighted by molar-refractivity contribution is 6.04. The number of benzene rings is 2. The van der Waals surface area contributed by atoms with Gasteiger partial charge < -0.3 is 15.4 Å². The molecule has 0 aromatic heterocycles. The van der Waals surface area contributed by atoms with Gasteiger partial charge in [0.1, 0.15) is 5.75 Å². The third-order valence-electron chi connectivity index (χ3n) is 5.30. The lowest BCUT2D eigenvalue weighted by Gasteiger charge is -2.23. The second kappa shape index (κ2) is 10.1. The maximum absolute atomic E-state index is 12.7. The zero-order valence-corrected chi connectivity index (χ0v) is 17.2. The van der Waals surface area contributed by atoms with Crippen molar-refractivity contribution in [2.75, 3.05) is 11.9 Å². The molecule has 0 spiro atoms. The van der Waals surface area contributed by atoms with Gasteiger partial charge >= 0.3 is 0 Å². The molecule has 5 nitrogen and oxygen atoms in total. The molecule has 1 saturated carbocycles. The van der Waals surface area contributed by atoms with Crippen molar-refractivity contribution in [3.8, 4) is 5.75 Å². The van der Waals surface area contributed by atoms with E-state index in [0.717, 1.165) is 25.7 Å². The molecule has 1 aliphatic carbocycles. The summed E-state index contributed by atoms with van der Waals surface area (Å²) in [6.07, 6.45) is 5.57. The summed E-state index contributed by atoms with van der Waals surface area (Å²) < 4.78 is 5.58. The second-order valence-electron chi connectivity index (χ2n) is 7.91. The first-order valence-electron chi connectivity index (χ1n) is 10.5. The standard InChI is InChI=1S/C24H30N2O3/c1-17(2)18-12-14-20(15-13-18)29-16-23(27)26-22-11-7-6-10-21(22)24(28)25-19-8-4-3-5-9-19/h6-7,10-15,17,19H,3-5,8-9,16H2,1-2H3,(H,25,28)(H,26,27). The Bertz CT molecular complexity index is 824. The maximum atomic E-state index is 12.7. The van der Waals surface area contributed by atoms with Crippen LogP contribution in [0.1, 0.15) is 67.8 Å². The monoisotopic (exact) mass is 394 g/mol. The van der Waals surface area contributed by atoms with Gasteiger partial charge in [-0.2, -0.15) is 0 Å². The molecule has 3 rings (SSSR count). The highest BCUT2D eigenvalue weighted by Gasteiger charge is 2.19. The minimum atomic E-state index is -0.296. The van der Waals surface area contributed by atoms with E-state index in [2.05, 4.69) is 24.5 Å². The zero-order valence-electron chi connectivity index (χ0n) is 17.2. The lowest BCUT2D eigenvalue weighted by molar-refractivity contribution is -0.118. The van der Waals surface area contributed by atoms with E-state index in [0.29, 0.717) is 22.9 Å². The highest BCUT2D eigenvalue weighted by Crippen LogP contribution is 2.21. The average Bonchev–Trinajstić information content (AvgIpc) is 2.73. The number of hydrogen-bond acceptors (Lipinski definition) is 3. The Balaban J connectivity index is 1.56. The number of anilines is 1. The quantitative estimate of drug-likeness (QED) is 0.703. The number of nitrogens with one attached hydrogen (secondary N) is 2. The van der Waals surface area contributed by atoms with Gasteiger partial charge in [0, 0.05) is 6.04 Å². The molecule has 1 fully saturated rings. The summed E-state index contributed by atoms with van der Waals surface area (Å²) in [6, 6.07) is 15.0. The van der Waals surface area contributed by atoms with Crippen molar-refractivity contribution in [1.82, 2.24) is 5.32 Å². The van der Waals surface area contributed by atoms with E-state index in [1.54, 1.807) is 24.3 Å². The van der Waals surface area contributed by atoms with Crippen LogP contribution >= 0.6 is 0 Å². The molecule has 0 heterocycles. The van der Waals surface area contributed by atoms with Crippen LogP contribution in [0.5, 0.6) is 5.75 Å². The number of ether oxygens (including phenoxy) is 1. The Kier molecular flexibility index (Phi) is 7.28. The first kappa shape index (κ1) is 20.9. The Hall–Kier alpha value is -2.82. The van der Waals surface area contributed by atoms with E-state index < -0.39 is 0 Å². The largest absolute Gasteiger partial charge is 0.484 e. The van der Waals surface area contributed by atoms with E-state index in [-0.39, 0.29) is 24.5 Å². The zero-order chi connectivity index (χ0) is 20.6. The van der Waals surface area contributed by atoms with Crippen molar-refractivity contribution < 1.29 is 14.3 Å². The third-order valence-corrected chi connectivity index (χ3v) is 5.30.